The molecular formula is C14H15ClN2O4S2. The average Bonchev–Trinajstić information content (AvgIpc) is 2.96. The number of sulfonamides is 1. The SMILES string of the molecule is CN(CCOc1cccc(Cl)c1)C(=O)c1csc(S(N)(=O)=O)c1. The Morgan fingerprint density at radius 2 is 2.13 bits per heavy atom. The van der Waals surface area contributed by atoms with Crippen molar-refractivity contribution >= 4 is 38.9 Å². The molecule has 0 radical (unpaired) electrons. The number of hydrogen-bond donors (Lipinski definition) is 1. The highest BCUT2D eigenvalue weighted by atomic mass is 35.5. The van der Waals surface area contributed by atoms with Crippen LogP contribution < -0.4 is 9.88 Å². The Bertz CT molecular complexity index is 805. The second kappa shape index (κ2) is 7.31. The lowest BCUT2D eigenvalue weighted by molar-refractivity contribution is 0.0774. The van der Waals surface area contributed by atoms with Gasteiger partial charge in [0.05, 0.1) is 12.1 Å². The quantitative estimate of drug-likeness (QED) is 0.839. The van der Waals surface area contributed by atoms with Crippen LogP contribution in [0, 0.1) is 0 Å². The maximum atomic E-state index is 12.2. The number of likely N-dealkylation sites (N-methyl/N-ethyl adjacent to an activating group) is 1. The Kier molecular flexibility index (Phi) is 5.64. The van der Waals surface area contributed by atoms with Crippen LogP contribution in [0.4, 0.5) is 0 Å². The average molecular weight is 375 g/mol. The molecule has 23 heavy (non-hydrogen) atoms. The predicted octanol–water partition coefficient (Wildman–Crippen LogP) is 2.20. The van der Waals surface area contributed by atoms with E-state index in [4.69, 9.17) is 21.5 Å². The van der Waals surface area contributed by atoms with Crippen LogP contribution in [-0.2, 0) is 10.0 Å². The molecule has 0 bridgehead atoms. The normalized spacial score (nSPS) is 11.3. The van der Waals surface area contributed by atoms with Gasteiger partial charge in [0.25, 0.3) is 5.91 Å². The molecule has 6 nitrogen and oxygen atoms in total. The molecular weight excluding hydrogens is 360 g/mol. The number of nitrogens with two attached hydrogens (primary N) is 1. The van der Waals surface area contributed by atoms with Crippen molar-refractivity contribution in [2.45, 2.75) is 4.21 Å². The van der Waals surface area contributed by atoms with Crippen molar-refractivity contribution in [2.75, 3.05) is 20.2 Å². The zero-order chi connectivity index (χ0) is 17.0. The lowest BCUT2D eigenvalue weighted by Crippen LogP contribution is -2.30. The van der Waals surface area contributed by atoms with Crippen LogP contribution in [0.5, 0.6) is 5.75 Å². The molecule has 0 unspecified atom stereocenters. The van der Waals surface area contributed by atoms with Gasteiger partial charge < -0.3 is 9.64 Å². The lowest BCUT2D eigenvalue weighted by atomic mass is 10.3. The maximum Gasteiger partial charge on any atom is 0.254 e. The van der Waals surface area contributed by atoms with Gasteiger partial charge in [0.1, 0.15) is 16.6 Å². The summed E-state index contributed by atoms with van der Waals surface area (Å²) in [5.41, 5.74) is 0.282. The summed E-state index contributed by atoms with van der Waals surface area (Å²) in [5, 5.41) is 7.07. The van der Waals surface area contributed by atoms with Crippen molar-refractivity contribution in [2.24, 2.45) is 5.14 Å². The summed E-state index contributed by atoms with van der Waals surface area (Å²) in [7, 11) is -2.18. The molecule has 2 rings (SSSR count). The maximum absolute atomic E-state index is 12.2. The number of carbonyl (C=O) groups is 1. The van der Waals surface area contributed by atoms with Gasteiger partial charge in [-0.15, -0.1) is 11.3 Å². The predicted molar refractivity (Wildman–Crippen MR) is 89.6 cm³/mol. The van der Waals surface area contributed by atoms with E-state index in [1.165, 1.54) is 16.3 Å². The minimum atomic E-state index is -3.79. The fourth-order valence-electron chi connectivity index (χ4n) is 1.76. The second-order valence-corrected chi connectivity index (χ2v) is 7.87. The minimum absolute atomic E-state index is 0.0376. The van der Waals surface area contributed by atoms with Crippen molar-refractivity contribution in [3.05, 3.63) is 46.3 Å². The summed E-state index contributed by atoms with van der Waals surface area (Å²) in [6.45, 7) is 0.626. The summed E-state index contributed by atoms with van der Waals surface area (Å²) < 4.78 is 27.9. The summed E-state index contributed by atoms with van der Waals surface area (Å²) in [5.74, 6) is 0.316. The van der Waals surface area contributed by atoms with Gasteiger partial charge in [0, 0.05) is 17.5 Å². The van der Waals surface area contributed by atoms with Crippen molar-refractivity contribution in [1.82, 2.24) is 4.90 Å². The first-order chi connectivity index (χ1) is 10.8. The number of benzene rings is 1. The molecule has 0 saturated heterocycles. The fraction of sp³-hybridized carbons (Fsp3) is 0.214. The minimum Gasteiger partial charge on any atom is -0.492 e. The van der Waals surface area contributed by atoms with Gasteiger partial charge in [-0.2, -0.15) is 0 Å². The monoisotopic (exact) mass is 374 g/mol. The van der Waals surface area contributed by atoms with Crippen LogP contribution in [0.1, 0.15) is 10.4 Å². The number of thiophene rings is 1. The number of nitrogens with zero attached hydrogens (tertiary/aromatic N) is 1. The van der Waals surface area contributed by atoms with Crippen LogP contribution in [0.3, 0.4) is 0 Å². The molecule has 124 valence electrons. The number of carbonyl (C=O) groups excluding carboxylic acids is 1. The van der Waals surface area contributed by atoms with Gasteiger partial charge in [0.15, 0.2) is 0 Å². The molecule has 2 N–H and O–H groups in total. The van der Waals surface area contributed by atoms with Gasteiger partial charge in [-0.3, -0.25) is 4.79 Å². The van der Waals surface area contributed by atoms with Crippen LogP contribution >= 0.6 is 22.9 Å². The van der Waals surface area contributed by atoms with E-state index in [1.54, 1.807) is 31.3 Å². The van der Waals surface area contributed by atoms with Gasteiger partial charge in [-0.25, -0.2) is 13.6 Å². The van der Waals surface area contributed by atoms with E-state index >= 15 is 0 Å². The highest BCUT2D eigenvalue weighted by Gasteiger charge is 2.17. The molecule has 2 aromatic rings. The Balaban J connectivity index is 1.91. The van der Waals surface area contributed by atoms with Crippen LogP contribution in [0.2, 0.25) is 5.02 Å². The molecule has 0 saturated carbocycles. The number of ether oxygens (including phenoxy) is 1. The lowest BCUT2D eigenvalue weighted by Gasteiger charge is -2.16. The van der Waals surface area contributed by atoms with Gasteiger partial charge >= 0.3 is 0 Å². The number of primary sulfonamides is 1. The molecule has 1 amide bonds. The Morgan fingerprint density at radius 1 is 1.39 bits per heavy atom. The fourth-order valence-corrected chi connectivity index (χ4v) is 3.52. The molecule has 0 aliphatic rings. The highest BCUT2D eigenvalue weighted by molar-refractivity contribution is 7.91. The van der Waals surface area contributed by atoms with Crippen LogP contribution in [0.25, 0.3) is 0 Å². The number of amides is 1. The first kappa shape index (κ1) is 17.7. The number of halogens is 1. The topological polar surface area (TPSA) is 89.7 Å². The third-order valence-corrected chi connectivity index (χ3v) is 5.56. The van der Waals surface area contributed by atoms with Gasteiger partial charge in [0.2, 0.25) is 10.0 Å². The standard InChI is InChI=1S/C14H15ClN2O4S2/c1-17(5-6-21-12-4-2-3-11(15)8-12)14(18)10-7-13(22-9-10)23(16,19)20/h2-4,7-9H,5-6H2,1H3,(H2,16,19,20). The van der Waals surface area contributed by atoms with Crippen molar-refractivity contribution in [1.29, 1.82) is 0 Å². The third-order valence-electron chi connectivity index (χ3n) is 2.94. The zero-order valence-corrected chi connectivity index (χ0v) is 14.6. The molecule has 0 atom stereocenters. The van der Waals surface area contributed by atoms with Crippen molar-refractivity contribution in [3.63, 3.8) is 0 Å². The highest BCUT2D eigenvalue weighted by Crippen LogP contribution is 2.20. The summed E-state index contributed by atoms with van der Waals surface area (Å²) in [6.07, 6.45) is 0. The van der Waals surface area contributed by atoms with E-state index in [0.717, 1.165) is 11.3 Å². The number of hydrogen-bond acceptors (Lipinski definition) is 5. The Morgan fingerprint density at radius 3 is 2.74 bits per heavy atom. The van der Waals surface area contributed by atoms with Crippen molar-refractivity contribution < 1.29 is 17.9 Å². The van der Waals surface area contributed by atoms with Crippen LogP contribution in [0.15, 0.2) is 39.9 Å². The first-order valence-electron chi connectivity index (χ1n) is 6.52. The zero-order valence-electron chi connectivity index (χ0n) is 12.2. The molecule has 0 aliphatic carbocycles. The molecule has 0 aliphatic heterocycles. The number of rotatable bonds is 6. The van der Waals surface area contributed by atoms with E-state index in [2.05, 4.69) is 0 Å². The van der Waals surface area contributed by atoms with E-state index in [0.29, 0.717) is 17.3 Å². The molecule has 1 aromatic carbocycles. The molecule has 0 spiro atoms. The largest absolute Gasteiger partial charge is 0.492 e. The van der Waals surface area contributed by atoms with E-state index in [1.807, 2.05) is 0 Å². The molecule has 1 heterocycles. The van der Waals surface area contributed by atoms with Crippen LogP contribution in [-0.4, -0.2) is 39.4 Å². The van der Waals surface area contributed by atoms with E-state index < -0.39 is 10.0 Å². The van der Waals surface area contributed by atoms with Gasteiger partial charge in [-0.05, 0) is 24.3 Å². The van der Waals surface area contributed by atoms with Gasteiger partial charge in [-0.1, -0.05) is 17.7 Å². The second-order valence-electron chi connectivity index (χ2n) is 4.73. The Hall–Kier alpha value is -1.61. The Labute approximate surface area is 143 Å². The molecule has 1 aromatic heterocycles. The first-order valence-corrected chi connectivity index (χ1v) is 9.33. The molecule has 0 fully saturated rings. The smallest absolute Gasteiger partial charge is 0.254 e. The van der Waals surface area contributed by atoms with E-state index in [-0.39, 0.29) is 22.3 Å². The third kappa shape index (κ3) is 4.93. The summed E-state index contributed by atoms with van der Waals surface area (Å²) in [4.78, 5) is 13.6. The van der Waals surface area contributed by atoms with Crippen molar-refractivity contribution in [3.8, 4) is 5.75 Å². The molecule has 9 heteroatoms. The summed E-state index contributed by atoms with van der Waals surface area (Å²) >= 11 is 6.77. The van der Waals surface area contributed by atoms with E-state index in [9.17, 15) is 13.2 Å². The summed E-state index contributed by atoms with van der Waals surface area (Å²) in [6, 6.07) is 8.23.